The molecule has 3 aromatic carbocycles. The van der Waals surface area contributed by atoms with E-state index in [0.29, 0.717) is 29.2 Å². The average Bonchev–Trinajstić information content (AvgIpc) is 2.81. The van der Waals surface area contributed by atoms with Gasteiger partial charge in [0.15, 0.2) is 5.78 Å². The van der Waals surface area contributed by atoms with Gasteiger partial charge in [-0.05, 0) is 47.5 Å². The van der Waals surface area contributed by atoms with E-state index in [1.807, 2.05) is 30.3 Å². The van der Waals surface area contributed by atoms with Crippen molar-refractivity contribution in [2.75, 3.05) is 7.11 Å². The Kier molecular flexibility index (Phi) is 7.01. The summed E-state index contributed by atoms with van der Waals surface area (Å²) in [5.74, 6) is -2.24. The quantitative estimate of drug-likeness (QED) is 0.429. The van der Waals surface area contributed by atoms with Crippen LogP contribution in [0.5, 0.6) is 11.5 Å². The van der Waals surface area contributed by atoms with Crippen LogP contribution in [0.15, 0.2) is 78.9 Å². The van der Waals surface area contributed by atoms with E-state index in [1.165, 1.54) is 7.11 Å². The van der Waals surface area contributed by atoms with Crippen molar-refractivity contribution in [3.05, 3.63) is 95.6 Å². The summed E-state index contributed by atoms with van der Waals surface area (Å²) in [6, 6.07) is 21.4. The predicted octanol–water partition coefficient (Wildman–Crippen LogP) is 3.40. The molecule has 0 saturated heterocycles. The lowest BCUT2D eigenvalue weighted by Gasteiger charge is -2.18. The Hall–Kier alpha value is -4.13. The minimum Gasteiger partial charge on any atom is -0.497 e. The fraction of sp³-hybridized carbons (Fsp3) is 0.125. The molecule has 7 heteroatoms. The number of methoxy groups -OCH3 is 1. The van der Waals surface area contributed by atoms with E-state index in [-0.39, 0.29) is 0 Å². The molecular formula is C24H21NO6. The summed E-state index contributed by atoms with van der Waals surface area (Å²) >= 11 is 0. The molecule has 3 aromatic rings. The molecule has 0 spiro atoms. The highest BCUT2D eigenvalue weighted by atomic mass is 16.5. The molecule has 1 unspecified atom stereocenters. The summed E-state index contributed by atoms with van der Waals surface area (Å²) in [6.45, 7) is 0.386. The molecule has 0 fully saturated rings. The molecule has 3 rings (SSSR count). The van der Waals surface area contributed by atoms with Gasteiger partial charge in [0.25, 0.3) is 0 Å². The maximum absolute atomic E-state index is 13.1. The van der Waals surface area contributed by atoms with Crippen LogP contribution >= 0.6 is 0 Å². The van der Waals surface area contributed by atoms with E-state index in [0.717, 1.165) is 5.56 Å². The first kappa shape index (κ1) is 21.6. The van der Waals surface area contributed by atoms with Crippen molar-refractivity contribution in [2.24, 2.45) is 0 Å². The molecule has 0 bridgehead atoms. The molecule has 0 aliphatic carbocycles. The standard InChI is InChI=1S/C24H21NO6/c1-30-19-11-7-17(8-12-19)21(25-23(27)24(28)29)22(26)18-9-13-20(14-10-18)31-15-16-5-3-2-4-6-16/h2-14,21H,15H2,1H3,(H,25,27)(H,28,29). The normalized spacial score (nSPS) is 11.3. The van der Waals surface area contributed by atoms with E-state index < -0.39 is 23.7 Å². The number of carbonyl (C=O) groups excluding carboxylic acids is 2. The van der Waals surface area contributed by atoms with Gasteiger partial charge in [0, 0.05) is 5.56 Å². The number of ketones is 1. The zero-order valence-electron chi connectivity index (χ0n) is 16.8. The topological polar surface area (TPSA) is 102 Å². The molecule has 1 amide bonds. The number of hydrogen-bond donors (Lipinski definition) is 2. The molecule has 158 valence electrons. The highest BCUT2D eigenvalue weighted by Gasteiger charge is 2.26. The number of aliphatic carboxylic acids is 1. The minimum atomic E-state index is -1.67. The van der Waals surface area contributed by atoms with Gasteiger partial charge in [-0.3, -0.25) is 9.59 Å². The van der Waals surface area contributed by atoms with E-state index >= 15 is 0 Å². The van der Waals surface area contributed by atoms with Crippen molar-refractivity contribution in [1.82, 2.24) is 5.32 Å². The Bertz CT molecular complexity index is 1050. The highest BCUT2D eigenvalue weighted by Crippen LogP contribution is 2.23. The van der Waals surface area contributed by atoms with E-state index in [2.05, 4.69) is 5.32 Å². The fourth-order valence-electron chi connectivity index (χ4n) is 2.91. The van der Waals surface area contributed by atoms with Crippen LogP contribution in [0, 0.1) is 0 Å². The van der Waals surface area contributed by atoms with E-state index in [1.54, 1.807) is 48.5 Å². The monoisotopic (exact) mass is 419 g/mol. The van der Waals surface area contributed by atoms with Crippen molar-refractivity contribution in [3.63, 3.8) is 0 Å². The number of carbonyl (C=O) groups is 3. The number of amides is 1. The SMILES string of the molecule is COc1ccc(C(NC(=O)C(=O)O)C(=O)c2ccc(OCc3ccccc3)cc2)cc1. The predicted molar refractivity (Wildman–Crippen MR) is 113 cm³/mol. The number of ether oxygens (including phenoxy) is 2. The second kappa shape index (κ2) is 10.1. The molecule has 0 aromatic heterocycles. The Morgan fingerprint density at radius 3 is 2.06 bits per heavy atom. The van der Waals surface area contributed by atoms with Gasteiger partial charge in [-0.2, -0.15) is 0 Å². The Morgan fingerprint density at radius 1 is 0.871 bits per heavy atom. The van der Waals surface area contributed by atoms with Gasteiger partial charge in [0.1, 0.15) is 24.1 Å². The first-order valence-electron chi connectivity index (χ1n) is 9.46. The molecule has 0 heterocycles. The van der Waals surface area contributed by atoms with Crippen molar-refractivity contribution < 1.29 is 29.0 Å². The number of carboxylic acids is 1. The zero-order chi connectivity index (χ0) is 22.2. The Balaban J connectivity index is 1.77. The van der Waals surface area contributed by atoms with Crippen LogP contribution in [0.4, 0.5) is 0 Å². The van der Waals surface area contributed by atoms with Gasteiger partial charge < -0.3 is 19.9 Å². The molecule has 7 nitrogen and oxygen atoms in total. The molecule has 0 aliphatic rings. The lowest BCUT2D eigenvalue weighted by molar-refractivity contribution is -0.150. The number of Topliss-reactive ketones (excluding diaryl/α,β-unsaturated/α-hetero) is 1. The third-order valence-electron chi connectivity index (χ3n) is 4.57. The van der Waals surface area contributed by atoms with Crippen LogP contribution in [0.1, 0.15) is 27.5 Å². The molecule has 1 atom stereocenters. The maximum atomic E-state index is 13.1. The van der Waals surface area contributed by atoms with Crippen molar-refractivity contribution >= 4 is 17.7 Å². The van der Waals surface area contributed by atoms with Gasteiger partial charge in [-0.1, -0.05) is 42.5 Å². The zero-order valence-corrected chi connectivity index (χ0v) is 16.8. The van der Waals surface area contributed by atoms with Gasteiger partial charge in [0.2, 0.25) is 0 Å². The summed E-state index contributed by atoms with van der Waals surface area (Å²) in [5.41, 5.74) is 1.75. The molecule has 2 N–H and O–H groups in total. The summed E-state index contributed by atoms with van der Waals surface area (Å²) in [7, 11) is 1.51. The smallest absolute Gasteiger partial charge is 0.394 e. The Morgan fingerprint density at radius 2 is 1.48 bits per heavy atom. The largest absolute Gasteiger partial charge is 0.497 e. The highest BCUT2D eigenvalue weighted by molar-refractivity contribution is 6.32. The van der Waals surface area contributed by atoms with Crippen molar-refractivity contribution in [1.29, 1.82) is 0 Å². The van der Waals surface area contributed by atoms with Gasteiger partial charge in [-0.25, -0.2) is 4.79 Å². The second-order valence-electron chi connectivity index (χ2n) is 6.65. The molecule has 0 saturated carbocycles. The number of nitrogens with one attached hydrogen (secondary N) is 1. The van der Waals surface area contributed by atoms with Crippen LogP contribution < -0.4 is 14.8 Å². The van der Waals surface area contributed by atoms with Crippen molar-refractivity contribution in [2.45, 2.75) is 12.6 Å². The number of hydrogen-bond acceptors (Lipinski definition) is 5. The third-order valence-corrected chi connectivity index (χ3v) is 4.57. The fourth-order valence-corrected chi connectivity index (χ4v) is 2.91. The third kappa shape index (κ3) is 5.70. The van der Waals surface area contributed by atoms with Crippen LogP contribution in [-0.4, -0.2) is 29.9 Å². The van der Waals surface area contributed by atoms with Crippen LogP contribution in [0.2, 0.25) is 0 Å². The lowest BCUT2D eigenvalue weighted by atomic mass is 9.97. The van der Waals surface area contributed by atoms with Crippen molar-refractivity contribution in [3.8, 4) is 11.5 Å². The molecule has 0 aliphatic heterocycles. The van der Waals surface area contributed by atoms with Gasteiger partial charge >= 0.3 is 11.9 Å². The summed E-state index contributed by atoms with van der Waals surface area (Å²) < 4.78 is 10.8. The lowest BCUT2D eigenvalue weighted by Crippen LogP contribution is -2.38. The van der Waals surface area contributed by atoms with Crippen LogP contribution in [-0.2, 0) is 16.2 Å². The number of rotatable bonds is 8. The molecule has 31 heavy (non-hydrogen) atoms. The summed E-state index contributed by atoms with van der Waals surface area (Å²) in [6.07, 6.45) is 0. The maximum Gasteiger partial charge on any atom is 0.394 e. The number of carboxylic acid groups (broad SMARTS) is 1. The summed E-state index contributed by atoms with van der Waals surface area (Å²) in [4.78, 5) is 35.8. The number of benzene rings is 3. The van der Waals surface area contributed by atoms with E-state index in [4.69, 9.17) is 14.6 Å². The first-order chi connectivity index (χ1) is 15.0. The summed E-state index contributed by atoms with van der Waals surface area (Å²) in [5, 5.41) is 11.2. The second-order valence-corrected chi connectivity index (χ2v) is 6.65. The van der Waals surface area contributed by atoms with Gasteiger partial charge in [-0.15, -0.1) is 0 Å². The van der Waals surface area contributed by atoms with Gasteiger partial charge in [0.05, 0.1) is 7.11 Å². The minimum absolute atomic E-state index is 0.304. The molecule has 0 radical (unpaired) electrons. The molecular weight excluding hydrogens is 398 g/mol. The van der Waals surface area contributed by atoms with E-state index in [9.17, 15) is 14.4 Å². The first-order valence-corrected chi connectivity index (χ1v) is 9.46. The Labute approximate surface area is 179 Å². The van der Waals surface area contributed by atoms with Crippen LogP contribution in [0.25, 0.3) is 0 Å². The average molecular weight is 419 g/mol. The van der Waals surface area contributed by atoms with Crippen LogP contribution in [0.3, 0.4) is 0 Å².